The standard InChI is InChI=1S/C17H22N2O4/c1-16(2,3)23-15(21)19-8-7-17(10-19)12-6-5-11(22-4)9-13(12)18-14(17)20/h5-6,9H,7-8,10H2,1-4H3,(H,18,20)/t17-/m1/s1. The molecular weight excluding hydrogens is 296 g/mol. The van der Waals surface area contributed by atoms with Gasteiger partial charge < -0.3 is 19.7 Å². The molecule has 2 heterocycles. The Morgan fingerprint density at radius 1 is 1.35 bits per heavy atom. The van der Waals surface area contributed by atoms with Gasteiger partial charge in [0.15, 0.2) is 0 Å². The lowest BCUT2D eigenvalue weighted by Crippen LogP contribution is -2.41. The Hall–Kier alpha value is -2.24. The second kappa shape index (κ2) is 5.15. The fourth-order valence-electron chi connectivity index (χ4n) is 3.23. The van der Waals surface area contributed by atoms with Gasteiger partial charge in [0, 0.05) is 24.8 Å². The maximum absolute atomic E-state index is 12.6. The first kappa shape index (κ1) is 15.6. The molecular formula is C17H22N2O4. The number of benzene rings is 1. The van der Waals surface area contributed by atoms with Gasteiger partial charge in [0.1, 0.15) is 11.4 Å². The number of carbonyl (C=O) groups is 2. The van der Waals surface area contributed by atoms with Crippen molar-refractivity contribution in [2.75, 3.05) is 25.5 Å². The molecule has 1 spiro atoms. The van der Waals surface area contributed by atoms with Crippen molar-refractivity contribution in [3.63, 3.8) is 0 Å². The Morgan fingerprint density at radius 2 is 2.09 bits per heavy atom. The van der Waals surface area contributed by atoms with E-state index in [1.54, 1.807) is 12.0 Å². The Bertz CT molecular complexity index is 665. The number of fused-ring (bicyclic) bond motifs is 2. The van der Waals surface area contributed by atoms with Gasteiger partial charge in [-0.3, -0.25) is 4.79 Å². The molecule has 1 aromatic rings. The Labute approximate surface area is 135 Å². The second-order valence-electron chi connectivity index (χ2n) is 7.10. The Balaban J connectivity index is 1.85. The average Bonchev–Trinajstić information content (AvgIpc) is 3.01. The van der Waals surface area contributed by atoms with Crippen LogP contribution in [-0.4, -0.2) is 42.7 Å². The summed E-state index contributed by atoms with van der Waals surface area (Å²) >= 11 is 0. The molecule has 6 heteroatoms. The van der Waals surface area contributed by atoms with Crippen LogP contribution in [0.3, 0.4) is 0 Å². The van der Waals surface area contributed by atoms with Crippen LogP contribution in [0, 0.1) is 0 Å². The van der Waals surface area contributed by atoms with Crippen LogP contribution in [0.4, 0.5) is 10.5 Å². The highest BCUT2D eigenvalue weighted by Gasteiger charge is 2.52. The van der Waals surface area contributed by atoms with E-state index >= 15 is 0 Å². The lowest BCUT2D eigenvalue weighted by Gasteiger charge is -2.26. The zero-order chi connectivity index (χ0) is 16.8. The lowest BCUT2D eigenvalue weighted by atomic mass is 9.81. The zero-order valence-electron chi connectivity index (χ0n) is 13.9. The topological polar surface area (TPSA) is 67.9 Å². The van der Waals surface area contributed by atoms with Crippen LogP contribution in [0.5, 0.6) is 5.75 Å². The highest BCUT2D eigenvalue weighted by molar-refractivity contribution is 6.07. The van der Waals surface area contributed by atoms with Gasteiger partial charge in [-0.1, -0.05) is 6.07 Å². The monoisotopic (exact) mass is 318 g/mol. The van der Waals surface area contributed by atoms with E-state index in [9.17, 15) is 9.59 Å². The molecule has 2 aliphatic rings. The quantitative estimate of drug-likeness (QED) is 0.864. The van der Waals surface area contributed by atoms with Gasteiger partial charge in [0.05, 0.1) is 12.5 Å². The normalized spacial score (nSPS) is 23.0. The molecule has 124 valence electrons. The predicted octanol–water partition coefficient (Wildman–Crippen LogP) is 2.53. The van der Waals surface area contributed by atoms with Crippen LogP contribution < -0.4 is 10.1 Å². The summed E-state index contributed by atoms with van der Waals surface area (Å²) in [6.45, 7) is 6.35. The van der Waals surface area contributed by atoms with Crippen LogP contribution in [0.2, 0.25) is 0 Å². The van der Waals surface area contributed by atoms with Crippen molar-refractivity contribution in [2.45, 2.75) is 38.2 Å². The van der Waals surface area contributed by atoms with Gasteiger partial charge in [0.2, 0.25) is 5.91 Å². The lowest BCUT2D eigenvalue weighted by molar-refractivity contribution is -0.120. The highest BCUT2D eigenvalue weighted by Crippen LogP contribution is 2.45. The Morgan fingerprint density at radius 3 is 2.74 bits per heavy atom. The first-order valence-corrected chi connectivity index (χ1v) is 7.73. The molecule has 2 amide bonds. The van der Waals surface area contributed by atoms with Crippen molar-refractivity contribution in [2.24, 2.45) is 0 Å². The van der Waals surface area contributed by atoms with Crippen molar-refractivity contribution in [3.8, 4) is 5.75 Å². The maximum atomic E-state index is 12.6. The minimum absolute atomic E-state index is 0.0631. The molecule has 1 saturated heterocycles. The molecule has 0 bridgehead atoms. The molecule has 2 aliphatic heterocycles. The van der Waals surface area contributed by atoms with Crippen LogP contribution in [0.15, 0.2) is 18.2 Å². The smallest absolute Gasteiger partial charge is 0.410 e. The van der Waals surface area contributed by atoms with Crippen molar-refractivity contribution in [3.05, 3.63) is 23.8 Å². The predicted molar refractivity (Wildman–Crippen MR) is 85.7 cm³/mol. The Kier molecular flexibility index (Phi) is 3.50. The molecule has 23 heavy (non-hydrogen) atoms. The number of methoxy groups -OCH3 is 1. The molecule has 1 aromatic carbocycles. The molecule has 0 radical (unpaired) electrons. The summed E-state index contributed by atoms with van der Waals surface area (Å²) in [7, 11) is 1.59. The number of nitrogens with zero attached hydrogens (tertiary/aromatic N) is 1. The summed E-state index contributed by atoms with van der Waals surface area (Å²) in [4.78, 5) is 26.5. The van der Waals surface area contributed by atoms with Gasteiger partial charge in [-0.25, -0.2) is 4.79 Å². The van der Waals surface area contributed by atoms with E-state index in [-0.39, 0.29) is 12.0 Å². The summed E-state index contributed by atoms with van der Waals surface area (Å²) < 4.78 is 10.6. The van der Waals surface area contributed by atoms with Crippen molar-refractivity contribution < 1.29 is 19.1 Å². The summed E-state index contributed by atoms with van der Waals surface area (Å²) in [5, 5.41) is 2.91. The van der Waals surface area contributed by atoms with Crippen molar-refractivity contribution in [1.82, 2.24) is 4.90 Å². The molecule has 1 atom stereocenters. The summed E-state index contributed by atoms with van der Waals surface area (Å²) in [6, 6.07) is 5.57. The fraction of sp³-hybridized carbons (Fsp3) is 0.529. The van der Waals surface area contributed by atoms with E-state index in [0.717, 1.165) is 11.3 Å². The van der Waals surface area contributed by atoms with Crippen LogP contribution >= 0.6 is 0 Å². The molecule has 1 N–H and O–H groups in total. The van der Waals surface area contributed by atoms with Crippen LogP contribution in [-0.2, 0) is 14.9 Å². The van der Waals surface area contributed by atoms with Crippen molar-refractivity contribution >= 4 is 17.7 Å². The minimum Gasteiger partial charge on any atom is -0.497 e. The third kappa shape index (κ3) is 2.62. The van der Waals surface area contributed by atoms with Crippen molar-refractivity contribution in [1.29, 1.82) is 0 Å². The molecule has 0 unspecified atom stereocenters. The second-order valence-corrected chi connectivity index (χ2v) is 7.10. The van der Waals surface area contributed by atoms with Gasteiger partial charge in [-0.05, 0) is 38.8 Å². The number of likely N-dealkylation sites (tertiary alicyclic amines) is 1. The maximum Gasteiger partial charge on any atom is 0.410 e. The molecule has 0 aromatic heterocycles. The molecule has 0 aliphatic carbocycles. The largest absolute Gasteiger partial charge is 0.497 e. The first-order valence-electron chi connectivity index (χ1n) is 7.73. The number of hydrogen-bond donors (Lipinski definition) is 1. The molecule has 0 saturated carbocycles. The number of nitrogens with one attached hydrogen (secondary N) is 1. The number of amides is 2. The van der Waals surface area contributed by atoms with E-state index in [1.807, 2.05) is 39.0 Å². The molecule has 1 fully saturated rings. The molecule has 6 nitrogen and oxygen atoms in total. The summed E-state index contributed by atoms with van der Waals surface area (Å²) in [6.07, 6.45) is 0.223. The SMILES string of the molecule is COc1ccc2c(c1)NC(=O)[C@@]21CCN(C(=O)OC(C)(C)C)C1. The van der Waals surface area contributed by atoms with E-state index in [1.165, 1.54) is 0 Å². The summed E-state index contributed by atoms with van der Waals surface area (Å²) in [5.41, 5.74) is 0.462. The first-order chi connectivity index (χ1) is 10.7. The fourth-order valence-corrected chi connectivity index (χ4v) is 3.23. The highest BCUT2D eigenvalue weighted by atomic mass is 16.6. The van der Waals surface area contributed by atoms with E-state index in [0.29, 0.717) is 25.3 Å². The van der Waals surface area contributed by atoms with Gasteiger partial charge in [-0.2, -0.15) is 0 Å². The van der Waals surface area contributed by atoms with E-state index < -0.39 is 11.0 Å². The van der Waals surface area contributed by atoms with Gasteiger partial charge >= 0.3 is 6.09 Å². The third-order valence-corrected chi connectivity index (χ3v) is 4.35. The zero-order valence-corrected chi connectivity index (χ0v) is 13.9. The number of ether oxygens (including phenoxy) is 2. The van der Waals surface area contributed by atoms with Gasteiger partial charge in [0.25, 0.3) is 0 Å². The number of anilines is 1. The number of hydrogen-bond acceptors (Lipinski definition) is 4. The third-order valence-electron chi connectivity index (χ3n) is 4.35. The average molecular weight is 318 g/mol. The van der Waals surface area contributed by atoms with Crippen LogP contribution in [0.1, 0.15) is 32.8 Å². The van der Waals surface area contributed by atoms with E-state index in [4.69, 9.17) is 9.47 Å². The van der Waals surface area contributed by atoms with Gasteiger partial charge in [-0.15, -0.1) is 0 Å². The number of carbonyl (C=O) groups excluding carboxylic acids is 2. The minimum atomic E-state index is -0.682. The molecule has 3 rings (SSSR count). The van der Waals surface area contributed by atoms with E-state index in [2.05, 4.69) is 5.32 Å². The summed E-state index contributed by atoms with van der Waals surface area (Å²) in [5.74, 6) is 0.634. The van der Waals surface area contributed by atoms with Crippen LogP contribution in [0.25, 0.3) is 0 Å². The number of rotatable bonds is 1.